The third kappa shape index (κ3) is 13.8. The van der Waals surface area contributed by atoms with Crippen molar-refractivity contribution in [1.29, 1.82) is 0 Å². The smallest absolute Gasteiger partial charge is 0.0590 e. The van der Waals surface area contributed by atoms with Crippen molar-refractivity contribution in [3.63, 3.8) is 0 Å². The normalized spacial score (nSPS) is 12.9. The van der Waals surface area contributed by atoms with Crippen LogP contribution in [-0.2, 0) is 9.47 Å². The summed E-state index contributed by atoms with van der Waals surface area (Å²) < 4.78 is 10.8. The monoisotopic (exact) mass is 245 g/mol. The van der Waals surface area contributed by atoms with Crippen LogP contribution in [0.3, 0.4) is 0 Å². The molecule has 1 atom stereocenters. The predicted molar refractivity (Wildman–Crippen MR) is 73.5 cm³/mol. The summed E-state index contributed by atoms with van der Waals surface area (Å²) in [5, 5.41) is 3.42. The molecule has 0 radical (unpaired) electrons. The van der Waals surface area contributed by atoms with E-state index in [4.69, 9.17) is 9.47 Å². The topological polar surface area (TPSA) is 30.5 Å². The van der Waals surface area contributed by atoms with Crippen LogP contribution in [0.4, 0.5) is 0 Å². The van der Waals surface area contributed by atoms with Gasteiger partial charge in [-0.05, 0) is 38.6 Å². The van der Waals surface area contributed by atoms with Crippen LogP contribution in [0.2, 0.25) is 0 Å². The largest absolute Gasteiger partial charge is 0.381 e. The van der Waals surface area contributed by atoms with Crippen molar-refractivity contribution in [3.05, 3.63) is 0 Å². The average molecular weight is 245 g/mol. The van der Waals surface area contributed by atoms with Crippen LogP contribution in [0.1, 0.15) is 46.5 Å². The van der Waals surface area contributed by atoms with Gasteiger partial charge < -0.3 is 14.8 Å². The van der Waals surface area contributed by atoms with Crippen LogP contribution in [0.15, 0.2) is 0 Å². The van der Waals surface area contributed by atoms with Gasteiger partial charge in [-0.25, -0.2) is 0 Å². The maximum atomic E-state index is 5.54. The number of unbranched alkanes of at least 4 members (excludes halogenated alkanes) is 1. The second kappa shape index (κ2) is 13.9. The summed E-state index contributed by atoms with van der Waals surface area (Å²) in [6, 6.07) is 0. The van der Waals surface area contributed by atoms with E-state index >= 15 is 0 Å². The molecule has 17 heavy (non-hydrogen) atoms. The number of hydrogen-bond donors (Lipinski definition) is 1. The summed E-state index contributed by atoms with van der Waals surface area (Å²) in [7, 11) is 0. The van der Waals surface area contributed by atoms with Gasteiger partial charge in [0.05, 0.1) is 6.61 Å². The highest BCUT2D eigenvalue weighted by molar-refractivity contribution is 4.57. The van der Waals surface area contributed by atoms with Gasteiger partial charge >= 0.3 is 0 Å². The fourth-order valence-corrected chi connectivity index (χ4v) is 1.62. The minimum atomic E-state index is 0.728. The molecule has 0 spiro atoms. The first-order valence-electron chi connectivity index (χ1n) is 7.17. The number of ether oxygens (including phenoxy) is 2. The van der Waals surface area contributed by atoms with Crippen molar-refractivity contribution in [1.82, 2.24) is 5.32 Å². The van der Waals surface area contributed by atoms with Gasteiger partial charge in [-0.1, -0.05) is 20.3 Å². The maximum absolute atomic E-state index is 5.54. The predicted octanol–water partition coefficient (Wildman–Crippen LogP) is 2.85. The van der Waals surface area contributed by atoms with Gasteiger partial charge in [-0.2, -0.15) is 0 Å². The Balaban J connectivity index is 3.09. The third-order valence-corrected chi connectivity index (χ3v) is 2.75. The Kier molecular flexibility index (Phi) is 13.8. The Morgan fingerprint density at radius 3 is 2.47 bits per heavy atom. The third-order valence-electron chi connectivity index (χ3n) is 2.75. The van der Waals surface area contributed by atoms with Gasteiger partial charge in [0, 0.05) is 26.4 Å². The lowest BCUT2D eigenvalue weighted by atomic mass is 10.1. The Hall–Kier alpha value is -0.120. The van der Waals surface area contributed by atoms with E-state index in [1.807, 2.05) is 6.92 Å². The van der Waals surface area contributed by atoms with Gasteiger partial charge in [0.15, 0.2) is 0 Å². The van der Waals surface area contributed by atoms with Crippen LogP contribution in [0, 0.1) is 5.92 Å². The number of hydrogen-bond acceptors (Lipinski definition) is 3. The highest BCUT2D eigenvalue weighted by atomic mass is 16.5. The van der Waals surface area contributed by atoms with Crippen LogP contribution in [-0.4, -0.2) is 39.5 Å². The summed E-state index contributed by atoms with van der Waals surface area (Å²) in [5.74, 6) is 0.728. The molecular formula is C14H31NO2. The lowest BCUT2D eigenvalue weighted by Gasteiger charge is -2.12. The van der Waals surface area contributed by atoms with E-state index in [9.17, 15) is 0 Å². The van der Waals surface area contributed by atoms with Gasteiger partial charge in [0.2, 0.25) is 0 Å². The highest BCUT2D eigenvalue weighted by Gasteiger charge is 2.01. The molecule has 0 aromatic carbocycles. The summed E-state index contributed by atoms with van der Waals surface area (Å²) in [5.41, 5.74) is 0. The molecule has 0 aromatic heterocycles. The zero-order chi connectivity index (χ0) is 12.8. The first kappa shape index (κ1) is 16.9. The van der Waals surface area contributed by atoms with E-state index in [1.165, 1.54) is 25.7 Å². The van der Waals surface area contributed by atoms with E-state index in [1.54, 1.807) is 0 Å². The molecule has 104 valence electrons. The Morgan fingerprint density at radius 1 is 1.00 bits per heavy atom. The first-order valence-corrected chi connectivity index (χ1v) is 7.17. The van der Waals surface area contributed by atoms with Crippen molar-refractivity contribution in [2.24, 2.45) is 5.92 Å². The summed E-state index contributed by atoms with van der Waals surface area (Å²) in [6.45, 7) is 12.0. The lowest BCUT2D eigenvalue weighted by molar-refractivity contribution is 0.124. The van der Waals surface area contributed by atoms with E-state index in [-0.39, 0.29) is 0 Å². The molecule has 0 rings (SSSR count). The van der Waals surface area contributed by atoms with Crippen LogP contribution in [0.5, 0.6) is 0 Å². The fourth-order valence-electron chi connectivity index (χ4n) is 1.62. The van der Waals surface area contributed by atoms with E-state index in [0.717, 1.165) is 45.4 Å². The molecule has 0 heterocycles. The van der Waals surface area contributed by atoms with Crippen molar-refractivity contribution in [3.8, 4) is 0 Å². The molecule has 0 amide bonds. The van der Waals surface area contributed by atoms with Crippen molar-refractivity contribution < 1.29 is 9.47 Å². The molecule has 0 saturated carbocycles. The first-order chi connectivity index (χ1) is 8.31. The molecule has 1 N–H and O–H groups in total. The van der Waals surface area contributed by atoms with Crippen LogP contribution in [0.25, 0.3) is 0 Å². The molecule has 3 heteroatoms. The van der Waals surface area contributed by atoms with Crippen LogP contribution >= 0.6 is 0 Å². The van der Waals surface area contributed by atoms with Crippen molar-refractivity contribution in [2.45, 2.75) is 46.5 Å². The second-order valence-corrected chi connectivity index (χ2v) is 4.61. The van der Waals surface area contributed by atoms with Gasteiger partial charge in [-0.3, -0.25) is 0 Å². The van der Waals surface area contributed by atoms with E-state index < -0.39 is 0 Å². The van der Waals surface area contributed by atoms with E-state index in [2.05, 4.69) is 19.2 Å². The zero-order valence-electron chi connectivity index (χ0n) is 12.0. The minimum Gasteiger partial charge on any atom is -0.381 e. The summed E-state index contributed by atoms with van der Waals surface area (Å²) in [6.07, 6.45) is 4.83. The van der Waals surface area contributed by atoms with Crippen molar-refractivity contribution in [2.75, 3.05) is 39.5 Å². The molecule has 0 saturated heterocycles. The second-order valence-electron chi connectivity index (χ2n) is 4.61. The van der Waals surface area contributed by atoms with Crippen molar-refractivity contribution >= 4 is 0 Å². The lowest BCUT2D eigenvalue weighted by Crippen LogP contribution is -2.25. The molecule has 0 aliphatic rings. The molecule has 3 nitrogen and oxygen atoms in total. The Bertz CT molecular complexity index is 142. The number of nitrogens with one attached hydrogen (secondary N) is 1. The molecule has 0 aromatic rings. The fraction of sp³-hybridized carbons (Fsp3) is 1.00. The Labute approximate surface area is 107 Å². The Morgan fingerprint density at radius 2 is 1.76 bits per heavy atom. The molecule has 0 unspecified atom stereocenters. The average Bonchev–Trinajstić information content (AvgIpc) is 2.33. The van der Waals surface area contributed by atoms with E-state index in [0.29, 0.717) is 0 Å². The zero-order valence-corrected chi connectivity index (χ0v) is 12.0. The SMILES string of the molecule is CCCCOCCC[C@H](C)CNCCOCC. The quantitative estimate of drug-likeness (QED) is 0.506. The molecular weight excluding hydrogens is 214 g/mol. The minimum absolute atomic E-state index is 0.728. The molecule has 0 bridgehead atoms. The molecule has 0 aliphatic carbocycles. The standard InChI is InChI=1S/C14H31NO2/c1-4-6-10-17-11-7-8-14(3)13-15-9-12-16-5-2/h14-15H,4-13H2,1-3H3/t14-/m0/s1. The highest BCUT2D eigenvalue weighted by Crippen LogP contribution is 2.04. The van der Waals surface area contributed by atoms with Gasteiger partial charge in [0.1, 0.15) is 0 Å². The molecule has 0 aliphatic heterocycles. The summed E-state index contributed by atoms with van der Waals surface area (Å²) in [4.78, 5) is 0. The number of rotatable bonds is 13. The molecule has 0 fully saturated rings. The van der Waals surface area contributed by atoms with Gasteiger partial charge in [0.25, 0.3) is 0 Å². The maximum Gasteiger partial charge on any atom is 0.0590 e. The van der Waals surface area contributed by atoms with Crippen LogP contribution < -0.4 is 5.32 Å². The summed E-state index contributed by atoms with van der Waals surface area (Å²) >= 11 is 0. The van der Waals surface area contributed by atoms with Gasteiger partial charge in [-0.15, -0.1) is 0 Å².